The summed E-state index contributed by atoms with van der Waals surface area (Å²) in [5.41, 5.74) is 3.10. The van der Waals surface area contributed by atoms with Crippen molar-refractivity contribution in [2.24, 2.45) is 5.92 Å². The second kappa shape index (κ2) is 8.15. The summed E-state index contributed by atoms with van der Waals surface area (Å²) >= 11 is 0. The van der Waals surface area contributed by atoms with Crippen molar-refractivity contribution >= 4 is 15.9 Å². The Morgan fingerprint density at radius 1 is 0.967 bits per heavy atom. The smallest absolute Gasteiger partial charge is 0.246 e. The van der Waals surface area contributed by atoms with E-state index in [2.05, 4.69) is 5.10 Å². The molecule has 2 fully saturated rings. The van der Waals surface area contributed by atoms with Gasteiger partial charge in [-0.15, -0.1) is 0 Å². The molecule has 2 aliphatic rings. The van der Waals surface area contributed by atoms with Crippen LogP contribution in [0.5, 0.6) is 0 Å². The first kappa shape index (κ1) is 21.1. The van der Waals surface area contributed by atoms with E-state index in [9.17, 15) is 13.2 Å². The van der Waals surface area contributed by atoms with Gasteiger partial charge in [-0.05, 0) is 58.6 Å². The molecule has 30 heavy (non-hydrogen) atoms. The number of amides is 1. The number of likely N-dealkylation sites (tertiary alicyclic amines) is 1. The fraction of sp³-hybridized carbons (Fsp3) is 0.545. The highest BCUT2D eigenvalue weighted by molar-refractivity contribution is 7.89. The fourth-order valence-electron chi connectivity index (χ4n) is 4.61. The minimum absolute atomic E-state index is 0.0629. The summed E-state index contributed by atoms with van der Waals surface area (Å²) in [7, 11) is -3.66. The molecular weight excluding hydrogens is 400 g/mol. The summed E-state index contributed by atoms with van der Waals surface area (Å²) in [6.45, 7) is 7.99. The Bertz CT molecular complexity index is 1030. The lowest BCUT2D eigenvalue weighted by molar-refractivity contribution is -0.135. The zero-order chi connectivity index (χ0) is 21.5. The normalized spacial score (nSPS) is 18.8. The third-order valence-electron chi connectivity index (χ3n) is 6.32. The molecule has 1 aromatic heterocycles. The van der Waals surface area contributed by atoms with Gasteiger partial charge < -0.3 is 4.90 Å². The molecule has 0 spiro atoms. The minimum atomic E-state index is -3.66. The third-order valence-corrected chi connectivity index (χ3v) is 8.47. The number of aryl methyl sites for hydroxylation is 2. The lowest BCUT2D eigenvalue weighted by atomic mass is 9.97. The molecule has 2 saturated heterocycles. The highest BCUT2D eigenvalue weighted by Crippen LogP contribution is 2.30. The SMILES string of the molecule is Cc1ccc(-n2nc(C)c(S(=O)(=O)N3CCC(C(=O)N4CCCC4)CC3)c2C)cc1. The average molecular weight is 431 g/mol. The van der Waals surface area contributed by atoms with Gasteiger partial charge in [0, 0.05) is 32.1 Å². The van der Waals surface area contributed by atoms with Crippen LogP contribution in [0.3, 0.4) is 0 Å². The number of piperidine rings is 1. The van der Waals surface area contributed by atoms with Crippen molar-refractivity contribution in [1.82, 2.24) is 19.0 Å². The molecule has 4 rings (SSSR count). The van der Waals surface area contributed by atoms with Crippen LogP contribution in [0.15, 0.2) is 29.2 Å². The van der Waals surface area contributed by atoms with E-state index in [4.69, 9.17) is 0 Å². The minimum Gasteiger partial charge on any atom is -0.342 e. The van der Waals surface area contributed by atoms with E-state index >= 15 is 0 Å². The lowest BCUT2D eigenvalue weighted by Crippen LogP contribution is -2.43. The molecule has 0 aliphatic carbocycles. The van der Waals surface area contributed by atoms with E-state index in [0.717, 1.165) is 37.2 Å². The van der Waals surface area contributed by atoms with Gasteiger partial charge in [0.1, 0.15) is 4.90 Å². The van der Waals surface area contributed by atoms with Crippen molar-refractivity contribution in [3.8, 4) is 5.69 Å². The Balaban J connectivity index is 1.53. The molecule has 0 atom stereocenters. The van der Waals surface area contributed by atoms with Crippen molar-refractivity contribution in [1.29, 1.82) is 0 Å². The Morgan fingerprint density at radius 3 is 2.17 bits per heavy atom. The summed E-state index contributed by atoms with van der Waals surface area (Å²) in [4.78, 5) is 14.9. The van der Waals surface area contributed by atoms with Gasteiger partial charge in [-0.1, -0.05) is 17.7 Å². The van der Waals surface area contributed by atoms with E-state index in [1.807, 2.05) is 36.1 Å². The van der Waals surface area contributed by atoms with Gasteiger partial charge in [-0.2, -0.15) is 9.40 Å². The van der Waals surface area contributed by atoms with Crippen LogP contribution < -0.4 is 0 Å². The number of rotatable bonds is 4. The second-order valence-electron chi connectivity index (χ2n) is 8.46. The molecule has 0 radical (unpaired) electrons. The van der Waals surface area contributed by atoms with Crippen LogP contribution in [0.4, 0.5) is 0 Å². The van der Waals surface area contributed by atoms with Gasteiger partial charge in [-0.25, -0.2) is 13.1 Å². The summed E-state index contributed by atoms with van der Waals surface area (Å²) in [6, 6.07) is 7.87. The summed E-state index contributed by atoms with van der Waals surface area (Å²) in [5, 5.41) is 4.52. The maximum atomic E-state index is 13.4. The van der Waals surface area contributed by atoms with Crippen LogP contribution in [0.25, 0.3) is 5.69 Å². The van der Waals surface area contributed by atoms with E-state index in [0.29, 0.717) is 37.3 Å². The number of carbonyl (C=O) groups is 1. The van der Waals surface area contributed by atoms with E-state index < -0.39 is 10.0 Å². The monoisotopic (exact) mass is 430 g/mol. The van der Waals surface area contributed by atoms with Gasteiger partial charge in [0.05, 0.1) is 17.1 Å². The van der Waals surface area contributed by atoms with Crippen molar-refractivity contribution in [3.05, 3.63) is 41.2 Å². The van der Waals surface area contributed by atoms with Crippen LogP contribution >= 0.6 is 0 Å². The Kier molecular flexibility index (Phi) is 5.72. The van der Waals surface area contributed by atoms with E-state index in [1.165, 1.54) is 4.31 Å². The van der Waals surface area contributed by atoms with Gasteiger partial charge in [0.2, 0.25) is 15.9 Å². The zero-order valence-corrected chi connectivity index (χ0v) is 18.8. The second-order valence-corrected chi connectivity index (χ2v) is 10.3. The molecule has 2 aromatic rings. The number of aromatic nitrogens is 2. The molecular formula is C22H30N4O3S. The highest BCUT2D eigenvalue weighted by Gasteiger charge is 2.36. The van der Waals surface area contributed by atoms with Crippen molar-refractivity contribution in [2.75, 3.05) is 26.2 Å². The van der Waals surface area contributed by atoms with Crippen molar-refractivity contribution < 1.29 is 13.2 Å². The topological polar surface area (TPSA) is 75.5 Å². The Morgan fingerprint density at radius 2 is 1.57 bits per heavy atom. The fourth-order valence-corrected chi connectivity index (χ4v) is 6.43. The van der Waals surface area contributed by atoms with Crippen LogP contribution in [-0.4, -0.2) is 59.5 Å². The molecule has 0 saturated carbocycles. The van der Waals surface area contributed by atoms with Crippen LogP contribution in [0.1, 0.15) is 42.6 Å². The molecule has 0 N–H and O–H groups in total. The van der Waals surface area contributed by atoms with E-state index in [1.54, 1.807) is 18.5 Å². The molecule has 8 heteroatoms. The standard InChI is InChI=1S/C22H30N4O3S/c1-16-6-8-20(9-7-16)26-18(3)21(17(2)23-26)30(28,29)25-14-10-19(11-15-25)22(27)24-12-4-5-13-24/h6-9,19H,4-5,10-15H2,1-3H3. The molecule has 0 bridgehead atoms. The highest BCUT2D eigenvalue weighted by atomic mass is 32.2. The molecule has 162 valence electrons. The van der Waals surface area contributed by atoms with Crippen LogP contribution in [-0.2, 0) is 14.8 Å². The van der Waals surface area contributed by atoms with E-state index in [-0.39, 0.29) is 16.7 Å². The van der Waals surface area contributed by atoms with Crippen LogP contribution in [0, 0.1) is 26.7 Å². The maximum Gasteiger partial charge on any atom is 0.246 e. The molecule has 0 unspecified atom stereocenters. The first-order valence-electron chi connectivity index (χ1n) is 10.7. The molecule has 1 amide bonds. The Labute approximate surface area is 178 Å². The van der Waals surface area contributed by atoms with Gasteiger partial charge in [0.25, 0.3) is 0 Å². The van der Waals surface area contributed by atoms with Crippen LogP contribution in [0.2, 0.25) is 0 Å². The third kappa shape index (κ3) is 3.78. The average Bonchev–Trinajstić information content (AvgIpc) is 3.36. The van der Waals surface area contributed by atoms with Gasteiger partial charge >= 0.3 is 0 Å². The zero-order valence-electron chi connectivity index (χ0n) is 18.0. The number of carbonyl (C=O) groups excluding carboxylic acids is 1. The molecule has 2 aliphatic heterocycles. The van der Waals surface area contributed by atoms with Gasteiger partial charge in [-0.3, -0.25) is 4.79 Å². The lowest BCUT2D eigenvalue weighted by Gasteiger charge is -2.32. The number of nitrogens with zero attached hydrogens (tertiary/aromatic N) is 4. The summed E-state index contributed by atoms with van der Waals surface area (Å²) < 4.78 is 30.1. The predicted molar refractivity (Wildman–Crippen MR) is 115 cm³/mol. The number of sulfonamides is 1. The largest absolute Gasteiger partial charge is 0.342 e. The van der Waals surface area contributed by atoms with Crippen molar-refractivity contribution in [2.45, 2.75) is 51.3 Å². The molecule has 3 heterocycles. The molecule has 1 aromatic carbocycles. The first-order chi connectivity index (χ1) is 14.3. The van der Waals surface area contributed by atoms with Crippen molar-refractivity contribution in [3.63, 3.8) is 0 Å². The quantitative estimate of drug-likeness (QED) is 0.748. The first-order valence-corrected chi connectivity index (χ1v) is 12.2. The maximum absolute atomic E-state index is 13.4. The van der Waals surface area contributed by atoms with Gasteiger partial charge in [0.15, 0.2) is 0 Å². The summed E-state index contributed by atoms with van der Waals surface area (Å²) in [5.74, 6) is 0.135. The Hall–Kier alpha value is -2.19. The number of hydrogen-bond donors (Lipinski definition) is 0. The number of benzene rings is 1. The number of hydrogen-bond acceptors (Lipinski definition) is 4. The summed E-state index contributed by atoms with van der Waals surface area (Å²) in [6.07, 6.45) is 3.31. The molecule has 7 nitrogen and oxygen atoms in total. The predicted octanol–water partition coefficient (Wildman–Crippen LogP) is 2.82.